The molecule has 0 bridgehead atoms. The number of amides is 1. The molecule has 0 aromatic heterocycles. The number of halogens is 3. The Morgan fingerprint density at radius 2 is 1.89 bits per heavy atom. The van der Waals surface area contributed by atoms with Gasteiger partial charge in [0.15, 0.2) is 17.5 Å². The minimum Gasteiger partial charge on any atom is -0.325 e. The smallest absolute Gasteiger partial charge is 0.254 e. The SMILES string of the molecule is CCCN(CC#N)C(=O)c1cc(F)c(F)c(F)c1. The average Bonchev–Trinajstić information content (AvgIpc) is 2.34. The lowest BCUT2D eigenvalue weighted by Gasteiger charge is -2.18. The molecule has 0 aliphatic carbocycles. The topological polar surface area (TPSA) is 44.1 Å². The van der Waals surface area contributed by atoms with Gasteiger partial charge in [0, 0.05) is 12.1 Å². The van der Waals surface area contributed by atoms with E-state index in [-0.39, 0.29) is 18.7 Å². The van der Waals surface area contributed by atoms with E-state index in [4.69, 9.17) is 5.26 Å². The molecule has 0 radical (unpaired) electrons. The fourth-order valence-corrected chi connectivity index (χ4v) is 1.47. The van der Waals surface area contributed by atoms with Crippen molar-refractivity contribution in [2.45, 2.75) is 13.3 Å². The molecule has 0 atom stereocenters. The van der Waals surface area contributed by atoms with Crippen LogP contribution < -0.4 is 0 Å². The van der Waals surface area contributed by atoms with Gasteiger partial charge in [-0.3, -0.25) is 4.79 Å². The van der Waals surface area contributed by atoms with E-state index in [1.54, 1.807) is 13.0 Å². The summed E-state index contributed by atoms with van der Waals surface area (Å²) in [5.41, 5.74) is -0.310. The van der Waals surface area contributed by atoms with E-state index in [0.717, 1.165) is 4.90 Å². The van der Waals surface area contributed by atoms with Gasteiger partial charge in [0.05, 0.1) is 6.07 Å². The average molecular weight is 256 g/mol. The van der Waals surface area contributed by atoms with E-state index in [1.165, 1.54) is 0 Å². The van der Waals surface area contributed by atoms with Crippen LogP contribution in [0.5, 0.6) is 0 Å². The van der Waals surface area contributed by atoms with Crippen molar-refractivity contribution in [2.24, 2.45) is 0 Å². The summed E-state index contributed by atoms with van der Waals surface area (Å²) in [7, 11) is 0. The Bertz CT molecular complexity index is 474. The van der Waals surface area contributed by atoms with Crippen LogP contribution in [0.1, 0.15) is 23.7 Å². The molecule has 1 aromatic rings. The number of hydrogen-bond acceptors (Lipinski definition) is 2. The van der Waals surface area contributed by atoms with E-state index in [2.05, 4.69) is 0 Å². The summed E-state index contributed by atoms with van der Waals surface area (Å²) in [5.74, 6) is -5.16. The summed E-state index contributed by atoms with van der Waals surface area (Å²) >= 11 is 0. The molecule has 96 valence electrons. The summed E-state index contributed by atoms with van der Waals surface area (Å²) in [6.45, 7) is 1.89. The van der Waals surface area contributed by atoms with Crippen molar-refractivity contribution in [3.05, 3.63) is 35.1 Å². The number of nitriles is 1. The first-order valence-corrected chi connectivity index (χ1v) is 5.32. The molecule has 0 N–H and O–H groups in total. The molecule has 6 heteroatoms. The van der Waals surface area contributed by atoms with E-state index < -0.39 is 23.4 Å². The van der Waals surface area contributed by atoms with Crippen LogP contribution in [0.3, 0.4) is 0 Å². The van der Waals surface area contributed by atoms with Crippen LogP contribution in [-0.2, 0) is 0 Å². The number of hydrogen-bond donors (Lipinski definition) is 0. The maximum absolute atomic E-state index is 13.0. The van der Waals surface area contributed by atoms with Crippen molar-refractivity contribution in [3.8, 4) is 6.07 Å². The second-order valence-corrected chi connectivity index (χ2v) is 3.64. The van der Waals surface area contributed by atoms with Crippen LogP contribution >= 0.6 is 0 Å². The first-order valence-electron chi connectivity index (χ1n) is 5.32. The molecule has 1 aromatic carbocycles. The lowest BCUT2D eigenvalue weighted by molar-refractivity contribution is 0.0775. The molecule has 0 fully saturated rings. The molecular formula is C12H11F3N2O. The van der Waals surface area contributed by atoms with Crippen LogP contribution in [0.2, 0.25) is 0 Å². The first-order chi connectivity index (χ1) is 8.51. The Hall–Kier alpha value is -2.03. The second kappa shape index (κ2) is 6.05. The lowest BCUT2D eigenvalue weighted by Crippen LogP contribution is -2.32. The highest BCUT2D eigenvalue weighted by molar-refractivity contribution is 5.94. The molecule has 0 spiro atoms. The second-order valence-electron chi connectivity index (χ2n) is 3.64. The van der Waals surface area contributed by atoms with Crippen molar-refractivity contribution in [3.63, 3.8) is 0 Å². The molecule has 3 nitrogen and oxygen atoms in total. The van der Waals surface area contributed by atoms with Crippen molar-refractivity contribution in [1.29, 1.82) is 5.26 Å². The van der Waals surface area contributed by atoms with Gasteiger partial charge in [-0.05, 0) is 18.6 Å². The third-order valence-electron chi connectivity index (χ3n) is 2.27. The molecule has 0 heterocycles. The number of benzene rings is 1. The number of nitrogens with zero attached hydrogens (tertiary/aromatic N) is 2. The largest absolute Gasteiger partial charge is 0.325 e. The summed E-state index contributed by atoms with van der Waals surface area (Å²) in [5, 5.41) is 8.56. The highest BCUT2D eigenvalue weighted by Gasteiger charge is 2.19. The maximum atomic E-state index is 13.0. The summed E-state index contributed by atoms with van der Waals surface area (Å²) in [6.07, 6.45) is 0.597. The number of rotatable bonds is 4. The minimum absolute atomic E-state index is 0.187. The molecule has 0 aliphatic rings. The third kappa shape index (κ3) is 3.00. The van der Waals surface area contributed by atoms with Crippen LogP contribution in [-0.4, -0.2) is 23.9 Å². The van der Waals surface area contributed by atoms with Gasteiger partial charge in [0.1, 0.15) is 6.54 Å². The Labute approximate surface area is 102 Å². The Morgan fingerprint density at radius 3 is 2.33 bits per heavy atom. The number of carbonyl (C=O) groups excluding carboxylic acids is 1. The van der Waals surface area contributed by atoms with Crippen LogP contribution in [0, 0.1) is 28.8 Å². The zero-order chi connectivity index (χ0) is 13.7. The molecule has 1 rings (SSSR count). The highest BCUT2D eigenvalue weighted by Crippen LogP contribution is 2.15. The van der Waals surface area contributed by atoms with Gasteiger partial charge in [-0.1, -0.05) is 6.92 Å². The maximum Gasteiger partial charge on any atom is 0.254 e. The molecule has 1 amide bonds. The van der Waals surface area contributed by atoms with E-state index in [9.17, 15) is 18.0 Å². The third-order valence-corrected chi connectivity index (χ3v) is 2.27. The van der Waals surface area contributed by atoms with Gasteiger partial charge >= 0.3 is 0 Å². The fourth-order valence-electron chi connectivity index (χ4n) is 1.47. The predicted molar refractivity (Wildman–Crippen MR) is 58.1 cm³/mol. The quantitative estimate of drug-likeness (QED) is 0.613. The van der Waals surface area contributed by atoms with Crippen LogP contribution in [0.4, 0.5) is 13.2 Å². The van der Waals surface area contributed by atoms with E-state index in [1.807, 2.05) is 0 Å². The normalized spacial score (nSPS) is 9.94. The predicted octanol–water partition coefficient (Wildman–Crippen LogP) is 2.48. The van der Waals surface area contributed by atoms with Gasteiger partial charge in [0.2, 0.25) is 0 Å². The van der Waals surface area contributed by atoms with Gasteiger partial charge in [-0.25, -0.2) is 13.2 Å². The van der Waals surface area contributed by atoms with Gasteiger partial charge < -0.3 is 4.90 Å². The zero-order valence-corrected chi connectivity index (χ0v) is 9.71. The van der Waals surface area contributed by atoms with Crippen molar-refractivity contribution in [1.82, 2.24) is 4.90 Å². The van der Waals surface area contributed by atoms with Crippen LogP contribution in [0.25, 0.3) is 0 Å². The van der Waals surface area contributed by atoms with Crippen molar-refractivity contribution < 1.29 is 18.0 Å². The Balaban J connectivity index is 3.05. The summed E-state index contributed by atoms with van der Waals surface area (Å²) in [4.78, 5) is 13.0. The van der Waals surface area contributed by atoms with Gasteiger partial charge in [-0.2, -0.15) is 5.26 Å². The molecule has 0 saturated heterocycles. The highest BCUT2D eigenvalue weighted by atomic mass is 19.2. The Kier molecular flexibility index (Phi) is 4.72. The standard InChI is InChI=1S/C12H11F3N2O/c1-2-4-17(5-3-16)12(18)8-6-9(13)11(15)10(14)7-8/h6-7H,2,4-5H2,1H3. The van der Waals surface area contributed by atoms with Crippen LogP contribution in [0.15, 0.2) is 12.1 Å². The Morgan fingerprint density at radius 1 is 1.33 bits per heavy atom. The first kappa shape index (κ1) is 14.0. The number of carbonyl (C=O) groups is 1. The van der Waals surface area contributed by atoms with Crippen molar-refractivity contribution in [2.75, 3.05) is 13.1 Å². The monoisotopic (exact) mass is 256 g/mol. The molecule has 0 unspecified atom stereocenters. The van der Waals surface area contributed by atoms with Gasteiger partial charge in [-0.15, -0.1) is 0 Å². The molecule has 0 saturated carbocycles. The zero-order valence-electron chi connectivity index (χ0n) is 9.71. The van der Waals surface area contributed by atoms with E-state index >= 15 is 0 Å². The van der Waals surface area contributed by atoms with Gasteiger partial charge in [0.25, 0.3) is 5.91 Å². The summed E-state index contributed by atoms with van der Waals surface area (Å²) < 4.78 is 38.7. The summed E-state index contributed by atoms with van der Waals surface area (Å²) in [6, 6.07) is 3.04. The van der Waals surface area contributed by atoms with E-state index in [0.29, 0.717) is 18.6 Å². The lowest BCUT2D eigenvalue weighted by atomic mass is 10.1. The fraction of sp³-hybridized carbons (Fsp3) is 0.333. The minimum atomic E-state index is -1.62. The molecule has 18 heavy (non-hydrogen) atoms. The molecular weight excluding hydrogens is 245 g/mol. The van der Waals surface area contributed by atoms with Crippen molar-refractivity contribution >= 4 is 5.91 Å². The molecule has 0 aliphatic heterocycles.